The van der Waals surface area contributed by atoms with Gasteiger partial charge in [-0.15, -0.1) is 0 Å². The van der Waals surface area contributed by atoms with Crippen LogP contribution in [0.4, 0.5) is 0 Å². The fourth-order valence-corrected chi connectivity index (χ4v) is 3.73. The number of nitrogens with two attached hydrogens (primary N) is 2. The molecule has 15 heteroatoms. The zero-order valence-electron chi connectivity index (χ0n) is 20.9. The monoisotopic (exact) mass is 548 g/mol. The Balaban J connectivity index is 2.06. The van der Waals surface area contributed by atoms with Crippen LogP contribution in [-0.4, -0.2) is 86.6 Å². The Bertz CT molecular complexity index is 1210. The number of carboxylic acid groups (broad SMARTS) is 2. The van der Waals surface area contributed by atoms with Crippen molar-refractivity contribution in [2.45, 2.75) is 56.3 Å². The zero-order chi connectivity index (χ0) is 29.1. The number of benzene rings is 1. The number of H-pyrrole nitrogens is 1. The largest absolute Gasteiger partial charge is 0.481 e. The van der Waals surface area contributed by atoms with E-state index in [2.05, 4.69) is 20.9 Å². The third-order valence-electron chi connectivity index (χ3n) is 5.84. The molecule has 0 spiro atoms. The fraction of sp³-hybridized carbons (Fsp3) is 0.417. The highest BCUT2D eigenvalue weighted by molar-refractivity contribution is 5.94. The van der Waals surface area contributed by atoms with Gasteiger partial charge in [0.25, 0.3) is 0 Å². The standard InChI is InChI=1S/C24H32N6O9/c25-14(9-12-10-27-15-4-2-1-3-13(12)15)21(35)30-18(11-31)23(37)28-16(5-7-19(26)32)22(36)29-17(24(38)39)6-8-20(33)34/h1-4,10,14,16-18,27,31H,5-9,11,25H2,(H2,26,32)(H,28,37)(H,29,36)(H,30,35)(H,33,34)(H,38,39). The molecule has 0 aliphatic heterocycles. The normalized spacial score (nSPS) is 14.0. The van der Waals surface area contributed by atoms with Gasteiger partial charge in [0, 0.05) is 29.9 Å². The van der Waals surface area contributed by atoms with E-state index in [1.165, 1.54) is 0 Å². The Morgan fingerprint density at radius 1 is 0.846 bits per heavy atom. The van der Waals surface area contributed by atoms with E-state index >= 15 is 0 Å². The van der Waals surface area contributed by atoms with E-state index in [0.29, 0.717) is 0 Å². The molecule has 0 bridgehead atoms. The van der Waals surface area contributed by atoms with Crippen molar-refractivity contribution in [2.75, 3.05) is 6.61 Å². The van der Waals surface area contributed by atoms with Gasteiger partial charge in [-0.3, -0.25) is 24.0 Å². The molecule has 0 saturated carbocycles. The summed E-state index contributed by atoms with van der Waals surface area (Å²) in [6, 6.07) is 1.68. The molecule has 15 nitrogen and oxygen atoms in total. The van der Waals surface area contributed by atoms with E-state index in [1.54, 1.807) is 6.20 Å². The molecule has 2 aromatic rings. The van der Waals surface area contributed by atoms with E-state index in [9.17, 15) is 39.0 Å². The minimum absolute atomic E-state index is 0.117. The lowest BCUT2D eigenvalue weighted by Crippen LogP contribution is -2.58. The number of aliphatic hydroxyl groups excluding tert-OH is 1. The second-order valence-electron chi connectivity index (χ2n) is 8.81. The molecule has 0 aliphatic carbocycles. The number of fused-ring (bicyclic) bond motifs is 1. The lowest BCUT2D eigenvalue weighted by Gasteiger charge is -2.24. The van der Waals surface area contributed by atoms with Gasteiger partial charge in [0.2, 0.25) is 23.6 Å². The van der Waals surface area contributed by atoms with Gasteiger partial charge in [0.05, 0.1) is 12.6 Å². The van der Waals surface area contributed by atoms with E-state index < -0.39 is 79.2 Å². The lowest BCUT2D eigenvalue weighted by atomic mass is 10.0. The molecule has 0 radical (unpaired) electrons. The number of carbonyl (C=O) groups is 6. The molecule has 11 N–H and O–H groups in total. The number of aromatic nitrogens is 1. The van der Waals surface area contributed by atoms with Gasteiger partial charge in [-0.25, -0.2) is 4.79 Å². The first-order chi connectivity index (χ1) is 18.4. The number of hydrogen-bond donors (Lipinski definition) is 9. The van der Waals surface area contributed by atoms with Gasteiger partial charge < -0.3 is 47.7 Å². The van der Waals surface area contributed by atoms with Crippen LogP contribution in [0, 0.1) is 0 Å². The van der Waals surface area contributed by atoms with E-state index in [-0.39, 0.29) is 19.3 Å². The molecule has 2 rings (SSSR count). The van der Waals surface area contributed by atoms with Crippen molar-refractivity contribution in [1.82, 2.24) is 20.9 Å². The fourth-order valence-electron chi connectivity index (χ4n) is 3.73. The minimum Gasteiger partial charge on any atom is -0.481 e. The summed E-state index contributed by atoms with van der Waals surface area (Å²) in [6.45, 7) is -0.863. The van der Waals surface area contributed by atoms with Crippen molar-refractivity contribution in [3.8, 4) is 0 Å². The van der Waals surface area contributed by atoms with Gasteiger partial charge >= 0.3 is 11.9 Å². The highest BCUT2D eigenvalue weighted by Crippen LogP contribution is 2.18. The van der Waals surface area contributed by atoms with Crippen LogP contribution < -0.4 is 27.4 Å². The van der Waals surface area contributed by atoms with Crippen molar-refractivity contribution in [1.29, 1.82) is 0 Å². The molecule has 1 heterocycles. The van der Waals surface area contributed by atoms with Crippen LogP contribution in [0.15, 0.2) is 30.5 Å². The molecule has 1 aromatic carbocycles. The zero-order valence-corrected chi connectivity index (χ0v) is 20.9. The quantitative estimate of drug-likeness (QED) is 0.108. The predicted octanol–water partition coefficient (Wildman–Crippen LogP) is -2.30. The first-order valence-electron chi connectivity index (χ1n) is 12.0. The number of para-hydroxylation sites is 1. The Morgan fingerprint density at radius 3 is 2.05 bits per heavy atom. The van der Waals surface area contributed by atoms with Gasteiger partial charge in [-0.1, -0.05) is 18.2 Å². The number of aromatic amines is 1. The molecule has 212 valence electrons. The third kappa shape index (κ3) is 9.39. The van der Waals surface area contributed by atoms with Crippen molar-refractivity contribution in [3.05, 3.63) is 36.0 Å². The van der Waals surface area contributed by atoms with E-state index in [4.69, 9.17) is 16.6 Å². The summed E-state index contributed by atoms with van der Waals surface area (Å²) in [5.74, 6) is -6.38. The lowest BCUT2D eigenvalue weighted by molar-refractivity contribution is -0.143. The van der Waals surface area contributed by atoms with Crippen molar-refractivity contribution in [2.24, 2.45) is 11.5 Å². The second-order valence-corrected chi connectivity index (χ2v) is 8.81. The first-order valence-corrected chi connectivity index (χ1v) is 12.0. The number of aliphatic hydroxyl groups is 1. The van der Waals surface area contributed by atoms with Crippen LogP contribution >= 0.6 is 0 Å². The Hall–Kier alpha value is -4.50. The Labute approximate surface area is 222 Å². The number of aliphatic carboxylic acids is 2. The first kappa shape index (κ1) is 30.7. The number of carboxylic acids is 2. The maximum Gasteiger partial charge on any atom is 0.326 e. The van der Waals surface area contributed by atoms with Crippen molar-refractivity contribution >= 4 is 46.5 Å². The van der Waals surface area contributed by atoms with Crippen LogP contribution in [0.2, 0.25) is 0 Å². The molecule has 0 saturated heterocycles. The average molecular weight is 549 g/mol. The summed E-state index contributed by atoms with van der Waals surface area (Å²) < 4.78 is 0. The molecule has 39 heavy (non-hydrogen) atoms. The number of primary amides is 1. The van der Waals surface area contributed by atoms with Crippen molar-refractivity contribution in [3.63, 3.8) is 0 Å². The van der Waals surface area contributed by atoms with E-state index in [1.807, 2.05) is 24.3 Å². The third-order valence-corrected chi connectivity index (χ3v) is 5.84. The predicted molar refractivity (Wildman–Crippen MR) is 136 cm³/mol. The van der Waals surface area contributed by atoms with E-state index in [0.717, 1.165) is 16.5 Å². The second kappa shape index (κ2) is 14.4. The van der Waals surface area contributed by atoms with Crippen LogP contribution in [0.1, 0.15) is 31.2 Å². The van der Waals surface area contributed by atoms with Crippen molar-refractivity contribution < 1.29 is 44.1 Å². The number of amides is 4. The summed E-state index contributed by atoms with van der Waals surface area (Å²) in [5.41, 5.74) is 12.7. The number of hydrogen-bond acceptors (Lipinski definition) is 8. The van der Waals surface area contributed by atoms with Gasteiger partial charge in [-0.2, -0.15) is 0 Å². The molecular weight excluding hydrogens is 516 g/mol. The molecule has 4 unspecified atom stereocenters. The Kier molecular flexibility index (Phi) is 11.4. The van der Waals surface area contributed by atoms with Gasteiger partial charge in [-0.05, 0) is 30.9 Å². The highest BCUT2D eigenvalue weighted by atomic mass is 16.4. The van der Waals surface area contributed by atoms with Crippen LogP contribution in [-0.2, 0) is 35.2 Å². The molecule has 0 aliphatic rings. The Morgan fingerprint density at radius 2 is 1.44 bits per heavy atom. The smallest absolute Gasteiger partial charge is 0.326 e. The maximum atomic E-state index is 12.8. The molecule has 4 atom stereocenters. The van der Waals surface area contributed by atoms with Crippen LogP contribution in [0.3, 0.4) is 0 Å². The number of carbonyl (C=O) groups excluding carboxylic acids is 4. The van der Waals surface area contributed by atoms with Crippen LogP contribution in [0.5, 0.6) is 0 Å². The minimum atomic E-state index is -1.59. The van der Waals surface area contributed by atoms with Gasteiger partial charge in [0.1, 0.15) is 18.1 Å². The summed E-state index contributed by atoms with van der Waals surface area (Å²) in [6.07, 6.45) is 0.147. The maximum absolute atomic E-state index is 12.8. The highest BCUT2D eigenvalue weighted by Gasteiger charge is 2.30. The molecule has 4 amide bonds. The molecule has 1 aromatic heterocycles. The summed E-state index contributed by atoms with van der Waals surface area (Å²) in [4.78, 5) is 74.7. The molecule has 0 fully saturated rings. The summed E-state index contributed by atoms with van der Waals surface area (Å²) in [7, 11) is 0. The summed E-state index contributed by atoms with van der Waals surface area (Å²) in [5, 5.41) is 35.3. The number of nitrogens with one attached hydrogen (secondary N) is 4. The average Bonchev–Trinajstić information content (AvgIpc) is 3.29. The SMILES string of the molecule is NC(=O)CCC(NC(=O)C(CO)NC(=O)C(N)Cc1c[nH]c2ccccc12)C(=O)NC(CCC(=O)O)C(=O)O. The van der Waals surface area contributed by atoms with Gasteiger partial charge in [0.15, 0.2) is 0 Å². The summed E-state index contributed by atoms with van der Waals surface area (Å²) >= 11 is 0. The number of rotatable bonds is 16. The van der Waals surface area contributed by atoms with Crippen LogP contribution in [0.25, 0.3) is 10.9 Å². The molecular formula is C24H32N6O9. The topological polar surface area (TPSA) is 267 Å².